The molecule has 1 unspecified atom stereocenters. The maximum Gasteiger partial charge on any atom is 0.150 e. The third-order valence-electron chi connectivity index (χ3n) is 1.09. The molecule has 2 N–H and O–H groups in total. The van der Waals surface area contributed by atoms with E-state index in [0.29, 0.717) is 0 Å². The number of aliphatic hydroxyl groups excluding tert-OH is 2. The molecule has 0 aliphatic carbocycles. The first-order chi connectivity index (χ1) is 3.84. The Morgan fingerprint density at radius 2 is 2.38 bits per heavy atom. The molecule has 0 saturated carbocycles. The molecular weight excluding hydrogens is 108 g/mol. The molecule has 1 aliphatic rings. The van der Waals surface area contributed by atoms with Crippen LogP contribution in [0.2, 0.25) is 0 Å². The number of hydrogen-bond acceptors (Lipinski definition) is 3. The largest absolute Gasteiger partial charge is 0.493 e. The summed E-state index contributed by atoms with van der Waals surface area (Å²) >= 11 is 0. The Hall–Kier alpha value is -0.540. The summed E-state index contributed by atoms with van der Waals surface area (Å²) in [4.78, 5) is 0. The lowest BCUT2D eigenvalue weighted by Crippen LogP contribution is -2.24. The van der Waals surface area contributed by atoms with Gasteiger partial charge in [-0.25, -0.2) is 0 Å². The summed E-state index contributed by atoms with van der Waals surface area (Å²) in [5.74, 6) is 0. The minimum Gasteiger partial charge on any atom is -0.493 e. The van der Waals surface area contributed by atoms with Crippen LogP contribution in [0.15, 0.2) is 12.3 Å². The Morgan fingerprint density at radius 3 is 2.62 bits per heavy atom. The van der Waals surface area contributed by atoms with E-state index in [0.717, 1.165) is 0 Å². The molecule has 1 heterocycles. The van der Waals surface area contributed by atoms with E-state index in [9.17, 15) is 0 Å². The summed E-state index contributed by atoms with van der Waals surface area (Å²) in [6.45, 7) is -0.131. The second kappa shape index (κ2) is 2.15. The highest BCUT2D eigenvalue weighted by Crippen LogP contribution is 2.07. The SMILES string of the molecule is OC[C@@H]1OC=CC1O. The average molecular weight is 116 g/mol. The van der Waals surface area contributed by atoms with Crippen molar-refractivity contribution in [2.75, 3.05) is 6.61 Å². The van der Waals surface area contributed by atoms with Crippen molar-refractivity contribution in [2.24, 2.45) is 0 Å². The van der Waals surface area contributed by atoms with Crippen molar-refractivity contribution in [2.45, 2.75) is 12.2 Å². The Balaban J connectivity index is 2.38. The highest BCUT2D eigenvalue weighted by Gasteiger charge is 2.20. The van der Waals surface area contributed by atoms with Crippen molar-refractivity contribution in [1.29, 1.82) is 0 Å². The van der Waals surface area contributed by atoms with Crippen LogP contribution in [0.5, 0.6) is 0 Å². The number of aliphatic hydroxyl groups is 2. The summed E-state index contributed by atoms with van der Waals surface area (Å²) in [6.07, 6.45) is 1.84. The van der Waals surface area contributed by atoms with E-state index in [4.69, 9.17) is 14.9 Å². The Morgan fingerprint density at radius 1 is 1.62 bits per heavy atom. The summed E-state index contributed by atoms with van der Waals surface area (Å²) in [5, 5.41) is 17.2. The van der Waals surface area contributed by atoms with Crippen LogP contribution in [-0.4, -0.2) is 29.0 Å². The van der Waals surface area contributed by atoms with Gasteiger partial charge < -0.3 is 14.9 Å². The molecule has 1 rings (SSSR count). The first-order valence-corrected chi connectivity index (χ1v) is 2.45. The van der Waals surface area contributed by atoms with Gasteiger partial charge in [0.15, 0.2) is 6.10 Å². The predicted octanol–water partition coefficient (Wildman–Crippen LogP) is -0.748. The van der Waals surface area contributed by atoms with Gasteiger partial charge in [0.25, 0.3) is 0 Å². The second-order valence-electron chi connectivity index (χ2n) is 1.68. The van der Waals surface area contributed by atoms with Crippen LogP contribution in [0, 0.1) is 0 Å². The molecule has 1 aliphatic heterocycles. The third-order valence-corrected chi connectivity index (χ3v) is 1.09. The first-order valence-electron chi connectivity index (χ1n) is 2.45. The van der Waals surface area contributed by atoms with Gasteiger partial charge in [-0.3, -0.25) is 0 Å². The molecule has 0 aromatic rings. The van der Waals surface area contributed by atoms with Crippen LogP contribution in [-0.2, 0) is 4.74 Å². The van der Waals surface area contributed by atoms with Gasteiger partial charge in [-0.2, -0.15) is 0 Å². The van der Waals surface area contributed by atoms with Crippen molar-refractivity contribution in [3.05, 3.63) is 12.3 Å². The molecular formula is C5H8O3. The van der Waals surface area contributed by atoms with Gasteiger partial charge >= 0.3 is 0 Å². The zero-order chi connectivity index (χ0) is 5.98. The topological polar surface area (TPSA) is 49.7 Å². The monoisotopic (exact) mass is 116 g/mol. The smallest absolute Gasteiger partial charge is 0.150 e. The summed E-state index contributed by atoms with van der Waals surface area (Å²) < 4.78 is 4.73. The minimum absolute atomic E-state index is 0.131. The van der Waals surface area contributed by atoms with Gasteiger partial charge in [0.1, 0.15) is 6.10 Å². The molecule has 0 bridgehead atoms. The minimum atomic E-state index is -0.625. The van der Waals surface area contributed by atoms with Crippen LogP contribution in [0.25, 0.3) is 0 Å². The maximum atomic E-state index is 8.82. The van der Waals surface area contributed by atoms with Gasteiger partial charge in [-0.15, -0.1) is 0 Å². The van der Waals surface area contributed by atoms with Crippen LogP contribution in [0.1, 0.15) is 0 Å². The lowest BCUT2D eigenvalue weighted by Gasteiger charge is -2.08. The van der Waals surface area contributed by atoms with Crippen LogP contribution < -0.4 is 0 Å². The zero-order valence-corrected chi connectivity index (χ0v) is 4.32. The fourth-order valence-corrected chi connectivity index (χ4v) is 0.582. The Labute approximate surface area is 47.2 Å². The molecule has 0 spiro atoms. The van der Waals surface area contributed by atoms with Crippen molar-refractivity contribution in [3.8, 4) is 0 Å². The van der Waals surface area contributed by atoms with E-state index < -0.39 is 12.2 Å². The van der Waals surface area contributed by atoms with E-state index in [1.807, 2.05) is 0 Å². The molecule has 3 heteroatoms. The van der Waals surface area contributed by atoms with Crippen LogP contribution >= 0.6 is 0 Å². The van der Waals surface area contributed by atoms with Gasteiger partial charge in [-0.1, -0.05) is 0 Å². The maximum absolute atomic E-state index is 8.82. The molecule has 0 aromatic heterocycles. The van der Waals surface area contributed by atoms with Crippen LogP contribution in [0.4, 0.5) is 0 Å². The lowest BCUT2D eigenvalue weighted by atomic mass is 10.2. The van der Waals surface area contributed by atoms with Crippen molar-refractivity contribution in [3.63, 3.8) is 0 Å². The predicted molar refractivity (Wildman–Crippen MR) is 27.1 cm³/mol. The summed E-state index contributed by atoms with van der Waals surface area (Å²) in [7, 11) is 0. The number of ether oxygens (including phenoxy) is 1. The molecule has 0 amide bonds. The Kier molecular flexibility index (Phi) is 1.50. The molecule has 2 atom stereocenters. The normalized spacial score (nSPS) is 35.2. The Bertz CT molecular complexity index is 99.8. The van der Waals surface area contributed by atoms with E-state index in [1.54, 1.807) is 0 Å². The molecule has 0 aromatic carbocycles. The van der Waals surface area contributed by atoms with Gasteiger partial charge in [0.05, 0.1) is 12.9 Å². The van der Waals surface area contributed by atoms with Crippen molar-refractivity contribution in [1.82, 2.24) is 0 Å². The van der Waals surface area contributed by atoms with Crippen molar-refractivity contribution < 1.29 is 14.9 Å². The lowest BCUT2D eigenvalue weighted by molar-refractivity contribution is 0.0217. The summed E-state index contributed by atoms with van der Waals surface area (Å²) in [6, 6.07) is 0. The van der Waals surface area contributed by atoms with E-state index >= 15 is 0 Å². The highest BCUT2D eigenvalue weighted by atomic mass is 16.5. The molecule has 0 fully saturated rings. The molecule has 8 heavy (non-hydrogen) atoms. The fraction of sp³-hybridized carbons (Fsp3) is 0.600. The number of hydrogen-bond donors (Lipinski definition) is 2. The third kappa shape index (κ3) is 0.827. The van der Waals surface area contributed by atoms with E-state index in [2.05, 4.69) is 0 Å². The second-order valence-corrected chi connectivity index (χ2v) is 1.68. The van der Waals surface area contributed by atoms with E-state index in [1.165, 1.54) is 12.3 Å². The van der Waals surface area contributed by atoms with Crippen molar-refractivity contribution >= 4 is 0 Å². The quantitative estimate of drug-likeness (QED) is 0.474. The average Bonchev–Trinajstić information content (AvgIpc) is 2.14. The van der Waals surface area contributed by atoms with E-state index in [-0.39, 0.29) is 6.61 Å². The molecule has 0 saturated heterocycles. The van der Waals surface area contributed by atoms with Gasteiger partial charge in [0, 0.05) is 0 Å². The van der Waals surface area contributed by atoms with Gasteiger partial charge in [0.2, 0.25) is 0 Å². The number of rotatable bonds is 1. The highest BCUT2D eigenvalue weighted by molar-refractivity contribution is 4.95. The van der Waals surface area contributed by atoms with Gasteiger partial charge in [-0.05, 0) is 6.08 Å². The standard InChI is InChI=1S/C5H8O3/c6-3-5-4(7)1-2-8-5/h1-2,4-7H,3H2/t4?,5-/m0/s1. The molecule has 3 nitrogen and oxygen atoms in total. The zero-order valence-electron chi connectivity index (χ0n) is 4.32. The van der Waals surface area contributed by atoms with Crippen LogP contribution in [0.3, 0.4) is 0 Å². The summed E-state index contributed by atoms with van der Waals surface area (Å²) in [5.41, 5.74) is 0. The molecule has 46 valence electrons. The first kappa shape index (κ1) is 5.59. The molecule has 0 radical (unpaired) electrons. The fourth-order valence-electron chi connectivity index (χ4n) is 0.582.